The lowest BCUT2D eigenvalue weighted by atomic mass is 9.94. The Morgan fingerprint density at radius 1 is 0.368 bits per heavy atom. The molecular weight excluding hydrogens is 699 g/mol. The molecule has 5 heteroatoms. The number of fused-ring (bicyclic) bond motifs is 9. The highest BCUT2D eigenvalue weighted by atomic mass is 16.3. The van der Waals surface area contributed by atoms with Gasteiger partial charge in [0.15, 0.2) is 11.4 Å². The van der Waals surface area contributed by atoms with Crippen LogP contribution in [-0.2, 0) is 0 Å². The van der Waals surface area contributed by atoms with Gasteiger partial charge < -0.3 is 13.4 Å². The van der Waals surface area contributed by atoms with E-state index >= 15 is 0 Å². The number of para-hydroxylation sites is 2. The van der Waals surface area contributed by atoms with Crippen molar-refractivity contribution in [1.82, 2.24) is 14.5 Å². The van der Waals surface area contributed by atoms with Gasteiger partial charge in [0.2, 0.25) is 0 Å². The topological polar surface area (TPSA) is 57.0 Å². The monoisotopic (exact) mass is 727 g/mol. The molecule has 0 aliphatic rings. The van der Waals surface area contributed by atoms with Crippen LogP contribution in [0.5, 0.6) is 0 Å². The molecule has 4 heterocycles. The molecule has 57 heavy (non-hydrogen) atoms. The molecule has 0 spiro atoms. The summed E-state index contributed by atoms with van der Waals surface area (Å²) in [6.07, 6.45) is 0. The summed E-state index contributed by atoms with van der Waals surface area (Å²) in [7, 11) is 0. The SMILES string of the molecule is c1ccc(-c2cccc(-c3nc(-c4ccc5c(c4)c4ccccc4n5-c4cc5oc6cccc7c8ccccc8c(c4)c5c67)nc4c3oc3ccccc34)c2)cc1. The van der Waals surface area contributed by atoms with Crippen LogP contribution in [0.4, 0.5) is 0 Å². The van der Waals surface area contributed by atoms with Gasteiger partial charge in [0.25, 0.3) is 0 Å². The number of aromatic nitrogens is 3. The first-order valence-electron chi connectivity index (χ1n) is 19.2. The number of furan rings is 2. The van der Waals surface area contributed by atoms with Crippen molar-refractivity contribution in [3.8, 4) is 39.5 Å². The van der Waals surface area contributed by atoms with Crippen molar-refractivity contribution in [3.05, 3.63) is 176 Å². The van der Waals surface area contributed by atoms with E-state index in [2.05, 4.69) is 156 Å². The fraction of sp³-hybridized carbons (Fsp3) is 0. The smallest absolute Gasteiger partial charge is 0.180 e. The quantitative estimate of drug-likeness (QED) is 0.169. The van der Waals surface area contributed by atoms with Crippen LogP contribution in [0.15, 0.2) is 185 Å². The van der Waals surface area contributed by atoms with Crippen LogP contribution in [0.3, 0.4) is 0 Å². The van der Waals surface area contributed by atoms with Gasteiger partial charge in [-0.15, -0.1) is 0 Å². The molecule has 0 bridgehead atoms. The average molecular weight is 728 g/mol. The summed E-state index contributed by atoms with van der Waals surface area (Å²) in [4.78, 5) is 10.5. The molecule has 0 saturated heterocycles. The van der Waals surface area contributed by atoms with Crippen molar-refractivity contribution in [2.24, 2.45) is 0 Å². The molecule has 0 radical (unpaired) electrons. The first kappa shape index (κ1) is 30.6. The minimum atomic E-state index is 0.647. The first-order valence-corrected chi connectivity index (χ1v) is 19.2. The number of rotatable bonds is 4. The highest BCUT2D eigenvalue weighted by Crippen LogP contribution is 2.45. The van der Waals surface area contributed by atoms with Crippen LogP contribution in [0.25, 0.3) is 127 Å². The number of nitrogens with zero attached hydrogens (tertiary/aromatic N) is 3. The number of hydrogen-bond acceptors (Lipinski definition) is 4. The van der Waals surface area contributed by atoms with E-state index in [1.807, 2.05) is 24.3 Å². The zero-order chi connectivity index (χ0) is 37.2. The Kier molecular flexibility index (Phi) is 6.10. The van der Waals surface area contributed by atoms with Crippen LogP contribution in [0, 0.1) is 0 Å². The predicted octanol–water partition coefficient (Wildman–Crippen LogP) is 14.1. The summed E-state index contributed by atoms with van der Waals surface area (Å²) in [6.45, 7) is 0. The highest BCUT2D eigenvalue weighted by molar-refractivity contribution is 6.33. The Hall–Kier alpha value is -7.76. The largest absolute Gasteiger partial charge is 0.456 e. The van der Waals surface area contributed by atoms with E-state index in [1.165, 1.54) is 32.3 Å². The van der Waals surface area contributed by atoms with E-state index in [1.54, 1.807) is 0 Å². The first-order chi connectivity index (χ1) is 28.2. The number of hydrogen-bond donors (Lipinski definition) is 0. The average Bonchev–Trinajstić information content (AvgIpc) is 3.95. The molecule has 13 rings (SSSR count). The van der Waals surface area contributed by atoms with Crippen LogP contribution in [0.2, 0.25) is 0 Å². The van der Waals surface area contributed by atoms with Crippen LogP contribution < -0.4 is 0 Å². The zero-order valence-corrected chi connectivity index (χ0v) is 30.4. The van der Waals surface area contributed by atoms with Gasteiger partial charge in [-0.25, -0.2) is 9.97 Å². The third-order valence-corrected chi connectivity index (χ3v) is 11.7. The maximum Gasteiger partial charge on any atom is 0.180 e. The molecule has 5 nitrogen and oxygen atoms in total. The van der Waals surface area contributed by atoms with Crippen molar-refractivity contribution in [1.29, 1.82) is 0 Å². The van der Waals surface area contributed by atoms with Gasteiger partial charge in [-0.1, -0.05) is 115 Å². The maximum atomic E-state index is 6.63. The molecule has 0 fully saturated rings. The van der Waals surface area contributed by atoms with Crippen LogP contribution >= 0.6 is 0 Å². The minimum absolute atomic E-state index is 0.647. The fourth-order valence-corrected chi connectivity index (χ4v) is 9.23. The third-order valence-electron chi connectivity index (χ3n) is 11.7. The summed E-state index contributed by atoms with van der Waals surface area (Å²) in [5.41, 5.74) is 12.3. The van der Waals surface area contributed by atoms with E-state index in [9.17, 15) is 0 Å². The van der Waals surface area contributed by atoms with Gasteiger partial charge in [-0.2, -0.15) is 0 Å². The van der Waals surface area contributed by atoms with Gasteiger partial charge in [-0.05, 0) is 87.3 Å². The zero-order valence-electron chi connectivity index (χ0n) is 30.4. The second-order valence-corrected chi connectivity index (χ2v) is 14.9. The molecule has 4 aromatic heterocycles. The Morgan fingerprint density at radius 2 is 1.04 bits per heavy atom. The van der Waals surface area contributed by atoms with Crippen LogP contribution in [-0.4, -0.2) is 14.5 Å². The Morgan fingerprint density at radius 3 is 1.93 bits per heavy atom. The Bertz CT molecular complexity index is 3760. The molecular formula is C52H29N3O2. The van der Waals surface area contributed by atoms with Crippen LogP contribution in [0.1, 0.15) is 0 Å². The van der Waals surface area contributed by atoms with Crippen molar-refractivity contribution < 1.29 is 8.83 Å². The summed E-state index contributed by atoms with van der Waals surface area (Å²) in [5, 5.41) is 10.5. The molecule has 0 atom stereocenters. The van der Waals surface area contributed by atoms with E-state index in [0.29, 0.717) is 11.4 Å². The Labute approximate surface area is 325 Å². The predicted molar refractivity (Wildman–Crippen MR) is 233 cm³/mol. The maximum absolute atomic E-state index is 6.63. The molecule has 0 N–H and O–H groups in total. The second-order valence-electron chi connectivity index (χ2n) is 14.9. The summed E-state index contributed by atoms with van der Waals surface area (Å²) in [6, 6.07) is 61.9. The molecule has 9 aromatic carbocycles. The van der Waals surface area contributed by atoms with Crippen molar-refractivity contribution in [2.75, 3.05) is 0 Å². The molecule has 0 aliphatic heterocycles. The van der Waals surface area contributed by atoms with Gasteiger partial charge >= 0.3 is 0 Å². The summed E-state index contributed by atoms with van der Waals surface area (Å²) in [5.74, 6) is 0.647. The lowest BCUT2D eigenvalue weighted by Crippen LogP contribution is -1.96. The molecule has 0 saturated carbocycles. The van der Waals surface area contributed by atoms with E-state index in [0.717, 1.165) is 83.1 Å². The molecule has 13 aromatic rings. The second kappa shape index (κ2) is 11.4. The molecule has 264 valence electrons. The Balaban J connectivity index is 1.05. The summed E-state index contributed by atoms with van der Waals surface area (Å²) < 4.78 is 15.5. The molecule has 0 amide bonds. The normalized spacial score (nSPS) is 12.2. The standard InChI is InChI=1S/C52H29N3O2/c1-2-12-30(13-3-1)31-14-10-15-32(26-31)49-51-50(39-19-7-9-22-44(39)57-51)54-52(53-49)33-24-25-43-40(27-33)37-18-6-8-21-42(37)55(43)34-28-41-36-17-5-4-16-35(36)38-20-11-23-45-47(38)48(41)46(29-34)56-45/h1-29H. The van der Waals surface area contributed by atoms with Crippen molar-refractivity contribution >= 4 is 87.4 Å². The van der Waals surface area contributed by atoms with E-state index in [-0.39, 0.29) is 0 Å². The number of benzene rings is 9. The van der Waals surface area contributed by atoms with Gasteiger partial charge in [-0.3, -0.25) is 0 Å². The summed E-state index contributed by atoms with van der Waals surface area (Å²) >= 11 is 0. The van der Waals surface area contributed by atoms with Crippen molar-refractivity contribution in [3.63, 3.8) is 0 Å². The van der Waals surface area contributed by atoms with E-state index < -0.39 is 0 Å². The van der Waals surface area contributed by atoms with Gasteiger partial charge in [0.05, 0.1) is 16.7 Å². The molecule has 0 aliphatic carbocycles. The fourth-order valence-electron chi connectivity index (χ4n) is 9.23. The third kappa shape index (κ3) is 4.34. The highest BCUT2D eigenvalue weighted by Gasteiger charge is 2.22. The lowest BCUT2D eigenvalue weighted by Gasteiger charge is -2.12. The van der Waals surface area contributed by atoms with Gasteiger partial charge in [0.1, 0.15) is 28.0 Å². The minimum Gasteiger partial charge on any atom is -0.456 e. The van der Waals surface area contributed by atoms with E-state index in [4.69, 9.17) is 18.8 Å². The molecule has 0 unspecified atom stereocenters. The lowest BCUT2D eigenvalue weighted by molar-refractivity contribution is 0.667. The van der Waals surface area contributed by atoms with Crippen molar-refractivity contribution in [2.45, 2.75) is 0 Å². The van der Waals surface area contributed by atoms with Gasteiger partial charge in [0, 0.05) is 44.1 Å².